The molecule has 134 valence electrons. The summed E-state index contributed by atoms with van der Waals surface area (Å²) in [6.07, 6.45) is 0.250. The van der Waals surface area contributed by atoms with Gasteiger partial charge in [-0.3, -0.25) is 9.78 Å². The summed E-state index contributed by atoms with van der Waals surface area (Å²) in [6.45, 7) is 2.36. The van der Waals surface area contributed by atoms with E-state index in [0.717, 1.165) is 16.8 Å². The van der Waals surface area contributed by atoms with Gasteiger partial charge in [-0.2, -0.15) is 13.2 Å². The summed E-state index contributed by atoms with van der Waals surface area (Å²) in [5.74, 6) is -3.58. The van der Waals surface area contributed by atoms with Crippen molar-refractivity contribution >= 4 is 11.9 Å². The largest absolute Gasteiger partial charge is 0.490 e. The average Bonchev–Trinajstić information content (AvgIpc) is 2.54. The molecule has 0 amide bonds. The Hall–Kier alpha value is -3.04. The zero-order chi connectivity index (χ0) is 19.0. The van der Waals surface area contributed by atoms with Crippen molar-refractivity contribution in [3.05, 3.63) is 42.4 Å². The van der Waals surface area contributed by atoms with Crippen LogP contribution in [0, 0.1) is 6.92 Å². The van der Waals surface area contributed by atoms with E-state index in [0.29, 0.717) is 6.54 Å². The van der Waals surface area contributed by atoms with E-state index < -0.39 is 18.1 Å². The second-order valence-electron chi connectivity index (χ2n) is 4.85. The molecule has 0 atom stereocenters. The maximum absolute atomic E-state index is 10.6. The molecule has 0 aromatic carbocycles. The number of carboxylic acid groups (broad SMARTS) is 2. The molecule has 0 unspecified atom stereocenters. The molecular weight excluding hydrogens is 343 g/mol. The number of aliphatic carboxylic acids is 2. The number of nitrogens with zero attached hydrogens (tertiary/aromatic N) is 3. The number of carboxylic acids is 2. The van der Waals surface area contributed by atoms with Gasteiger partial charge in [0.25, 0.3) is 0 Å². The average molecular weight is 358 g/mol. The summed E-state index contributed by atoms with van der Waals surface area (Å²) >= 11 is 0. The van der Waals surface area contributed by atoms with E-state index in [-0.39, 0.29) is 6.42 Å². The lowest BCUT2D eigenvalue weighted by atomic mass is 10.2. The van der Waals surface area contributed by atoms with E-state index >= 15 is 0 Å². The van der Waals surface area contributed by atoms with Gasteiger partial charge in [0.2, 0.25) is 0 Å². The first-order valence-electron chi connectivity index (χ1n) is 6.90. The molecule has 0 fully saturated rings. The van der Waals surface area contributed by atoms with Crippen molar-refractivity contribution in [2.45, 2.75) is 26.1 Å². The third-order valence-corrected chi connectivity index (χ3v) is 2.78. The van der Waals surface area contributed by atoms with E-state index in [2.05, 4.69) is 10.1 Å². The zero-order valence-electron chi connectivity index (χ0n) is 13.1. The number of aryl methyl sites for hydroxylation is 2. The molecule has 0 aliphatic rings. The van der Waals surface area contributed by atoms with E-state index in [9.17, 15) is 18.0 Å². The fourth-order valence-electron chi connectivity index (χ4n) is 1.52. The van der Waals surface area contributed by atoms with Crippen LogP contribution in [0.15, 0.2) is 36.8 Å². The molecule has 0 saturated heterocycles. The van der Waals surface area contributed by atoms with Gasteiger partial charge in [-0.15, -0.1) is 0 Å². The van der Waals surface area contributed by atoms with Gasteiger partial charge in [0, 0.05) is 17.8 Å². The Balaban J connectivity index is 0.000000381. The standard InChI is InChI=1S/C13H13N3O2.C2HF3O2/c1-10-2-3-12(14-8-10)11-4-6-16(15-9-11)7-5-13(17)18;3-2(4,5)1(6)7/h2-4,6,8-9H,5,7H2,1H3;(H,6,7)/p+1. The third kappa shape index (κ3) is 7.38. The van der Waals surface area contributed by atoms with Crippen molar-refractivity contribution in [1.82, 2.24) is 10.1 Å². The van der Waals surface area contributed by atoms with Gasteiger partial charge in [0.15, 0.2) is 12.7 Å². The van der Waals surface area contributed by atoms with Crippen molar-refractivity contribution in [2.75, 3.05) is 0 Å². The van der Waals surface area contributed by atoms with Gasteiger partial charge in [-0.25, -0.2) is 4.79 Å². The first-order chi connectivity index (χ1) is 11.6. The highest BCUT2D eigenvalue weighted by Gasteiger charge is 2.38. The van der Waals surface area contributed by atoms with Crippen molar-refractivity contribution < 1.29 is 37.7 Å². The molecule has 25 heavy (non-hydrogen) atoms. The highest BCUT2D eigenvalue weighted by Crippen LogP contribution is 2.14. The molecule has 10 heteroatoms. The lowest BCUT2D eigenvalue weighted by molar-refractivity contribution is -0.752. The van der Waals surface area contributed by atoms with Gasteiger partial charge < -0.3 is 10.2 Å². The van der Waals surface area contributed by atoms with E-state index in [4.69, 9.17) is 15.0 Å². The van der Waals surface area contributed by atoms with Gasteiger partial charge in [-0.05, 0) is 23.7 Å². The number of aromatic nitrogens is 3. The Kier molecular flexibility index (Phi) is 6.97. The summed E-state index contributed by atoms with van der Waals surface area (Å²) in [7, 11) is 0. The fourth-order valence-corrected chi connectivity index (χ4v) is 1.52. The Morgan fingerprint density at radius 2 is 1.80 bits per heavy atom. The molecule has 0 bridgehead atoms. The Bertz CT molecular complexity index is 716. The maximum Gasteiger partial charge on any atom is 0.490 e. The highest BCUT2D eigenvalue weighted by molar-refractivity contribution is 5.73. The van der Waals surface area contributed by atoms with Crippen LogP contribution in [0.4, 0.5) is 13.2 Å². The Morgan fingerprint density at radius 1 is 1.16 bits per heavy atom. The smallest absolute Gasteiger partial charge is 0.481 e. The van der Waals surface area contributed by atoms with E-state index in [1.807, 2.05) is 25.1 Å². The van der Waals surface area contributed by atoms with Crippen molar-refractivity contribution in [2.24, 2.45) is 0 Å². The minimum absolute atomic E-state index is 0.0692. The molecule has 0 spiro atoms. The molecule has 7 nitrogen and oxygen atoms in total. The molecule has 0 aliphatic heterocycles. The topological polar surface area (TPSA) is 104 Å². The van der Waals surface area contributed by atoms with Crippen LogP contribution >= 0.6 is 0 Å². The third-order valence-electron chi connectivity index (χ3n) is 2.78. The predicted molar refractivity (Wildman–Crippen MR) is 78.3 cm³/mol. The first kappa shape index (κ1) is 20.0. The van der Waals surface area contributed by atoms with E-state index in [1.54, 1.807) is 23.3 Å². The van der Waals surface area contributed by atoms with Crippen molar-refractivity contribution in [1.29, 1.82) is 0 Å². The molecule has 2 heterocycles. The molecule has 2 aromatic heterocycles. The lowest BCUT2D eigenvalue weighted by Crippen LogP contribution is -2.38. The van der Waals surface area contributed by atoms with Gasteiger partial charge >= 0.3 is 18.1 Å². The van der Waals surface area contributed by atoms with Crippen LogP contribution in [0.2, 0.25) is 0 Å². The van der Waals surface area contributed by atoms with Crippen LogP contribution in [0.1, 0.15) is 12.0 Å². The molecule has 0 saturated carbocycles. The van der Waals surface area contributed by atoms with Gasteiger partial charge in [-0.1, -0.05) is 10.7 Å². The summed E-state index contributed by atoms with van der Waals surface area (Å²) in [4.78, 5) is 23.6. The maximum atomic E-state index is 10.6. The number of alkyl halides is 3. The fraction of sp³-hybridized carbons (Fsp3) is 0.267. The number of rotatable bonds is 4. The molecular formula is C15H15F3N3O4+. The summed E-state index contributed by atoms with van der Waals surface area (Å²) < 4.78 is 33.3. The number of carbonyl (C=O) groups is 2. The number of hydrogen-bond donors (Lipinski definition) is 2. The van der Waals surface area contributed by atoms with Gasteiger partial charge in [0.1, 0.15) is 12.6 Å². The number of hydrogen-bond acceptors (Lipinski definition) is 4. The minimum atomic E-state index is -5.08. The molecule has 0 radical (unpaired) electrons. The predicted octanol–water partition coefficient (Wildman–Crippen LogP) is 1.85. The lowest BCUT2D eigenvalue weighted by Gasteiger charge is -1.99. The zero-order valence-corrected chi connectivity index (χ0v) is 13.1. The monoisotopic (exact) mass is 358 g/mol. The molecule has 2 N–H and O–H groups in total. The van der Waals surface area contributed by atoms with Crippen LogP contribution < -0.4 is 4.68 Å². The summed E-state index contributed by atoms with van der Waals surface area (Å²) in [5, 5.41) is 19.9. The highest BCUT2D eigenvalue weighted by atomic mass is 19.4. The van der Waals surface area contributed by atoms with E-state index in [1.165, 1.54) is 0 Å². The van der Waals surface area contributed by atoms with Crippen LogP contribution in [0.5, 0.6) is 0 Å². The second kappa shape index (κ2) is 8.71. The van der Waals surface area contributed by atoms with Crippen molar-refractivity contribution in [3.8, 4) is 11.3 Å². The number of pyridine rings is 1. The molecule has 0 aliphatic carbocycles. The summed E-state index contributed by atoms with van der Waals surface area (Å²) in [5.41, 5.74) is 2.89. The van der Waals surface area contributed by atoms with Crippen LogP contribution in [0.3, 0.4) is 0 Å². The summed E-state index contributed by atoms with van der Waals surface area (Å²) in [6, 6.07) is 5.81. The first-order valence-corrected chi connectivity index (χ1v) is 6.90. The van der Waals surface area contributed by atoms with Crippen LogP contribution in [-0.2, 0) is 16.1 Å². The number of halogens is 3. The Morgan fingerprint density at radius 3 is 2.20 bits per heavy atom. The molecule has 2 aromatic rings. The normalized spacial score (nSPS) is 10.6. The quantitative estimate of drug-likeness (QED) is 0.809. The van der Waals surface area contributed by atoms with Crippen LogP contribution in [0.25, 0.3) is 11.3 Å². The molecule has 2 rings (SSSR count). The van der Waals surface area contributed by atoms with Crippen molar-refractivity contribution in [3.63, 3.8) is 0 Å². The second-order valence-corrected chi connectivity index (χ2v) is 4.85. The van der Waals surface area contributed by atoms with Gasteiger partial charge in [0.05, 0.1) is 5.69 Å². The SMILES string of the molecule is Cc1ccc(-c2cc[n+](CCC(=O)O)nc2)nc1.O=C(O)C(F)(F)F. The minimum Gasteiger partial charge on any atom is -0.481 e. The Labute approximate surface area is 140 Å². The van der Waals surface area contributed by atoms with Crippen LogP contribution in [-0.4, -0.2) is 38.4 Å².